The van der Waals surface area contributed by atoms with E-state index in [1.165, 1.54) is 18.2 Å². The van der Waals surface area contributed by atoms with Crippen molar-refractivity contribution in [1.29, 1.82) is 0 Å². The molecule has 2 aromatic carbocycles. The largest absolute Gasteiger partial charge is 0.573 e. The Bertz CT molecular complexity index is 871. The van der Waals surface area contributed by atoms with Crippen LogP contribution in [0.15, 0.2) is 53.5 Å². The van der Waals surface area contributed by atoms with Crippen LogP contribution < -0.4 is 20.5 Å². The van der Waals surface area contributed by atoms with E-state index >= 15 is 0 Å². The third-order valence-corrected chi connectivity index (χ3v) is 4.49. The number of aliphatic imine (C=N–C) groups is 1. The molecule has 168 valence electrons. The molecular formula is C21H25F3N4O3. The fraction of sp³-hybridized carbons (Fsp3) is 0.381. The molecule has 0 aliphatic carbocycles. The minimum atomic E-state index is -4.80. The van der Waals surface area contributed by atoms with Gasteiger partial charge in [0.2, 0.25) is 0 Å². The van der Waals surface area contributed by atoms with E-state index in [-0.39, 0.29) is 23.9 Å². The number of hydrogen-bond acceptors (Lipinski definition) is 5. The number of halogens is 3. The monoisotopic (exact) mass is 438 g/mol. The van der Waals surface area contributed by atoms with Gasteiger partial charge in [0.15, 0.2) is 11.7 Å². The summed E-state index contributed by atoms with van der Waals surface area (Å²) < 4.78 is 52.7. The summed E-state index contributed by atoms with van der Waals surface area (Å²) in [5.74, 6) is 0.303. The molecule has 1 fully saturated rings. The summed E-state index contributed by atoms with van der Waals surface area (Å²) >= 11 is 0. The molecule has 10 heteroatoms. The first-order valence-corrected chi connectivity index (χ1v) is 9.82. The van der Waals surface area contributed by atoms with E-state index in [1.807, 2.05) is 24.3 Å². The number of rotatable bonds is 8. The molecule has 31 heavy (non-hydrogen) atoms. The second-order valence-electron chi connectivity index (χ2n) is 6.82. The lowest BCUT2D eigenvalue weighted by molar-refractivity contribution is -0.274. The molecule has 0 radical (unpaired) electrons. The molecule has 1 aliphatic heterocycles. The lowest BCUT2D eigenvalue weighted by Gasteiger charge is -2.26. The number of guanidine groups is 1. The number of nitrogens with two attached hydrogens (primary N) is 1. The van der Waals surface area contributed by atoms with Gasteiger partial charge in [-0.25, -0.2) is 4.99 Å². The minimum absolute atomic E-state index is 0.0307. The summed E-state index contributed by atoms with van der Waals surface area (Å²) in [7, 11) is 0. The topological polar surface area (TPSA) is 81.3 Å². The molecule has 3 rings (SSSR count). The Hall–Kier alpha value is -2.98. The van der Waals surface area contributed by atoms with E-state index in [9.17, 15) is 13.2 Å². The Kier molecular flexibility index (Phi) is 7.96. The Morgan fingerprint density at radius 2 is 1.90 bits per heavy atom. The Morgan fingerprint density at radius 3 is 2.68 bits per heavy atom. The Morgan fingerprint density at radius 1 is 1.13 bits per heavy atom. The summed E-state index contributed by atoms with van der Waals surface area (Å²) in [5.41, 5.74) is 6.77. The molecule has 7 nitrogen and oxygen atoms in total. The molecule has 0 spiro atoms. The predicted molar refractivity (Wildman–Crippen MR) is 111 cm³/mol. The van der Waals surface area contributed by atoms with Crippen molar-refractivity contribution in [2.24, 2.45) is 10.7 Å². The molecule has 0 amide bonds. The molecule has 2 aromatic rings. The van der Waals surface area contributed by atoms with Crippen molar-refractivity contribution in [3.63, 3.8) is 0 Å². The van der Waals surface area contributed by atoms with Crippen molar-refractivity contribution in [3.8, 4) is 11.5 Å². The maximum atomic E-state index is 12.5. The second-order valence-corrected chi connectivity index (χ2v) is 6.82. The number of benzene rings is 2. The van der Waals surface area contributed by atoms with E-state index in [2.05, 4.69) is 19.9 Å². The molecule has 0 unspecified atom stereocenters. The zero-order valence-electron chi connectivity index (χ0n) is 16.9. The maximum Gasteiger partial charge on any atom is 0.573 e. The van der Waals surface area contributed by atoms with E-state index in [0.717, 1.165) is 44.2 Å². The number of ether oxygens (including phenoxy) is 3. The molecule has 0 aromatic heterocycles. The van der Waals surface area contributed by atoms with E-state index in [0.29, 0.717) is 6.61 Å². The number of anilines is 1. The first-order chi connectivity index (χ1) is 14.9. The third kappa shape index (κ3) is 7.99. The van der Waals surface area contributed by atoms with Crippen LogP contribution in [0.2, 0.25) is 0 Å². The van der Waals surface area contributed by atoms with Crippen LogP contribution in [0.25, 0.3) is 0 Å². The number of alkyl halides is 3. The lowest BCUT2D eigenvalue weighted by Crippen LogP contribution is -2.38. The van der Waals surface area contributed by atoms with Crippen molar-refractivity contribution >= 4 is 11.6 Å². The molecule has 1 saturated heterocycles. The SMILES string of the molecule is NC(=NCc1cccc(OCCN2CCOCC2)c1)Nc1ccccc1OC(F)(F)F. The second kappa shape index (κ2) is 10.9. The van der Waals surface area contributed by atoms with Crippen LogP contribution in [-0.4, -0.2) is 56.7 Å². The molecule has 0 bridgehead atoms. The average molecular weight is 438 g/mol. The summed E-state index contributed by atoms with van der Waals surface area (Å²) in [6.07, 6.45) is -4.80. The van der Waals surface area contributed by atoms with Crippen molar-refractivity contribution in [2.75, 3.05) is 44.8 Å². The first-order valence-electron chi connectivity index (χ1n) is 9.82. The molecule has 0 saturated carbocycles. The average Bonchev–Trinajstić information content (AvgIpc) is 2.74. The molecule has 3 N–H and O–H groups in total. The summed E-state index contributed by atoms with van der Waals surface area (Å²) in [6, 6.07) is 13.1. The number of nitrogens with one attached hydrogen (secondary N) is 1. The van der Waals surface area contributed by atoms with Gasteiger partial charge in [-0.3, -0.25) is 4.90 Å². The highest BCUT2D eigenvalue weighted by atomic mass is 19.4. The van der Waals surface area contributed by atoms with Crippen LogP contribution in [0.4, 0.5) is 18.9 Å². The standard InChI is InChI=1S/C21H25F3N4O3/c22-21(23,24)31-19-7-2-1-6-18(19)27-20(25)26-15-16-4-3-5-17(14-16)30-13-10-28-8-11-29-12-9-28/h1-7,14H,8-13,15H2,(H3,25,26,27). The fourth-order valence-corrected chi connectivity index (χ4v) is 2.99. The van der Waals surface area contributed by atoms with Crippen LogP contribution in [0.3, 0.4) is 0 Å². The van der Waals surface area contributed by atoms with Gasteiger partial charge >= 0.3 is 6.36 Å². The van der Waals surface area contributed by atoms with E-state index < -0.39 is 6.36 Å². The number of para-hydroxylation sites is 2. The predicted octanol–water partition coefficient (Wildman–Crippen LogP) is 3.22. The first kappa shape index (κ1) is 22.7. The quantitative estimate of drug-likeness (QED) is 0.487. The van der Waals surface area contributed by atoms with E-state index in [1.54, 1.807) is 6.07 Å². The Balaban J connectivity index is 1.52. The van der Waals surface area contributed by atoms with Gasteiger partial charge in [0.05, 0.1) is 25.4 Å². The number of hydrogen-bond donors (Lipinski definition) is 2. The zero-order chi connectivity index (χ0) is 22.1. The van der Waals surface area contributed by atoms with Crippen molar-refractivity contribution in [3.05, 3.63) is 54.1 Å². The van der Waals surface area contributed by atoms with Crippen LogP contribution in [0, 0.1) is 0 Å². The van der Waals surface area contributed by atoms with Gasteiger partial charge in [-0.05, 0) is 29.8 Å². The molecule has 1 aliphatic rings. The molecular weight excluding hydrogens is 413 g/mol. The molecule has 0 atom stereocenters. The summed E-state index contributed by atoms with van der Waals surface area (Å²) in [5, 5.41) is 2.64. The van der Waals surface area contributed by atoms with Crippen LogP contribution >= 0.6 is 0 Å². The van der Waals surface area contributed by atoms with Gasteiger partial charge in [-0.2, -0.15) is 0 Å². The van der Waals surface area contributed by atoms with E-state index in [4.69, 9.17) is 15.2 Å². The van der Waals surface area contributed by atoms with Crippen LogP contribution in [0.5, 0.6) is 11.5 Å². The highest BCUT2D eigenvalue weighted by Gasteiger charge is 2.32. The van der Waals surface area contributed by atoms with Gasteiger partial charge in [0.25, 0.3) is 0 Å². The lowest BCUT2D eigenvalue weighted by atomic mass is 10.2. The Labute approximate surface area is 178 Å². The third-order valence-electron chi connectivity index (χ3n) is 4.49. The van der Waals surface area contributed by atoms with Gasteiger partial charge in [-0.15, -0.1) is 13.2 Å². The van der Waals surface area contributed by atoms with Crippen molar-refractivity contribution in [1.82, 2.24) is 4.90 Å². The smallest absolute Gasteiger partial charge is 0.492 e. The van der Waals surface area contributed by atoms with Crippen LogP contribution in [0.1, 0.15) is 5.56 Å². The van der Waals surface area contributed by atoms with Crippen LogP contribution in [-0.2, 0) is 11.3 Å². The highest BCUT2D eigenvalue weighted by Crippen LogP contribution is 2.29. The van der Waals surface area contributed by atoms with Gasteiger partial charge in [-0.1, -0.05) is 24.3 Å². The van der Waals surface area contributed by atoms with Crippen molar-refractivity contribution in [2.45, 2.75) is 12.9 Å². The van der Waals surface area contributed by atoms with Gasteiger partial charge in [0.1, 0.15) is 12.4 Å². The zero-order valence-corrected chi connectivity index (χ0v) is 16.9. The number of morpholine rings is 1. The molecule has 1 heterocycles. The normalized spacial score (nSPS) is 15.5. The summed E-state index contributed by atoms with van der Waals surface area (Å²) in [6.45, 7) is 4.92. The number of nitrogens with zero attached hydrogens (tertiary/aromatic N) is 2. The van der Waals surface area contributed by atoms with Gasteiger partial charge in [0, 0.05) is 19.6 Å². The highest BCUT2D eigenvalue weighted by molar-refractivity contribution is 5.93. The maximum absolute atomic E-state index is 12.5. The summed E-state index contributed by atoms with van der Waals surface area (Å²) in [4.78, 5) is 6.47. The minimum Gasteiger partial charge on any atom is -0.492 e. The van der Waals surface area contributed by atoms with Crippen molar-refractivity contribution < 1.29 is 27.4 Å². The van der Waals surface area contributed by atoms with Gasteiger partial charge < -0.3 is 25.3 Å². The fourth-order valence-electron chi connectivity index (χ4n) is 2.99.